The van der Waals surface area contributed by atoms with Crippen LogP contribution in [-0.4, -0.2) is 31.5 Å². The van der Waals surface area contributed by atoms with Gasteiger partial charge in [0, 0.05) is 5.56 Å². The molecule has 0 spiro atoms. The van der Waals surface area contributed by atoms with E-state index in [0.29, 0.717) is 33.7 Å². The molecule has 0 atom stereocenters. The molecular formula is C19H16Cl2N2O4. The van der Waals surface area contributed by atoms with Gasteiger partial charge in [0.1, 0.15) is 10.8 Å². The molecule has 2 aromatic carbocycles. The summed E-state index contributed by atoms with van der Waals surface area (Å²) >= 11 is 12.6. The predicted molar refractivity (Wildman–Crippen MR) is 105 cm³/mol. The van der Waals surface area contributed by atoms with Crippen LogP contribution in [0.4, 0.5) is 0 Å². The van der Waals surface area contributed by atoms with E-state index in [9.17, 15) is 0 Å². The number of hydrogen-bond donors (Lipinski definition) is 0. The maximum absolute atomic E-state index is 6.35. The van der Waals surface area contributed by atoms with Crippen molar-refractivity contribution in [1.82, 2.24) is 10.1 Å². The molecule has 140 valence electrons. The van der Waals surface area contributed by atoms with E-state index < -0.39 is 0 Å². The zero-order valence-electron chi connectivity index (χ0n) is 14.8. The maximum Gasteiger partial charge on any atom is 0.269 e. The van der Waals surface area contributed by atoms with Gasteiger partial charge >= 0.3 is 0 Å². The second-order valence-corrected chi connectivity index (χ2v) is 6.20. The highest BCUT2D eigenvalue weighted by atomic mass is 35.5. The Kier molecular flexibility index (Phi) is 5.88. The van der Waals surface area contributed by atoms with Crippen molar-refractivity contribution in [2.45, 2.75) is 0 Å². The summed E-state index contributed by atoms with van der Waals surface area (Å²) < 4.78 is 21.0. The van der Waals surface area contributed by atoms with Gasteiger partial charge in [-0.05, 0) is 35.9 Å². The number of benzene rings is 2. The molecule has 0 fully saturated rings. The Morgan fingerprint density at radius 3 is 2.59 bits per heavy atom. The van der Waals surface area contributed by atoms with Gasteiger partial charge in [0.2, 0.25) is 5.82 Å². The van der Waals surface area contributed by atoms with Crippen molar-refractivity contribution in [3.8, 4) is 28.6 Å². The Labute approximate surface area is 166 Å². The van der Waals surface area contributed by atoms with E-state index >= 15 is 0 Å². The minimum atomic E-state index is 0.181. The lowest BCUT2D eigenvalue weighted by atomic mass is 10.2. The van der Waals surface area contributed by atoms with Crippen LogP contribution in [0, 0.1) is 0 Å². The Morgan fingerprint density at radius 1 is 1.07 bits per heavy atom. The van der Waals surface area contributed by atoms with Gasteiger partial charge in [-0.3, -0.25) is 0 Å². The number of halogens is 2. The van der Waals surface area contributed by atoms with Crippen molar-refractivity contribution >= 4 is 34.3 Å². The third-order valence-corrected chi connectivity index (χ3v) is 4.26. The van der Waals surface area contributed by atoms with Crippen molar-refractivity contribution in [2.24, 2.45) is 0 Å². The van der Waals surface area contributed by atoms with Crippen LogP contribution in [0.15, 0.2) is 40.9 Å². The molecule has 0 bridgehead atoms. The molecule has 0 saturated heterocycles. The summed E-state index contributed by atoms with van der Waals surface area (Å²) in [6.45, 7) is 0. The molecule has 8 heteroatoms. The minimum absolute atomic E-state index is 0.181. The number of ether oxygens (including phenoxy) is 3. The average Bonchev–Trinajstić information content (AvgIpc) is 3.18. The topological polar surface area (TPSA) is 66.6 Å². The van der Waals surface area contributed by atoms with Gasteiger partial charge in [-0.2, -0.15) is 4.98 Å². The fourth-order valence-electron chi connectivity index (χ4n) is 2.43. The Morgan fingerprint density at radius 2 is 1.89 bits per heavy atom. The second kappa shape index (κ2) is 8.33. The lowest BCUT2D eigenvalue weighted by Gasteiger charge is -2.10. The van der Waals surface area contributed by atoms with E-state index in [1.165, 1.54) is 14.2 Å². The van der Waals surface area contributed by atoms with Crippen LogP contribution in [-0.2, 0) is 0 Å². The molecule has 0 aliphatic heterocycles. The third-order valence-electron chi connectivity index (χ3n) is 3.71. The lowest BCUT2D eigenvalue weighted by molar-refractivity contribution is 0.355. The van der Waals surface area contributed by atoms with Gasteiger partial charge in [-0.25, -0.2) is 0 Å². The van der Waals surface area contributed by atoms with E-state index in [2.05, 4.69) is 10.1 Å². The first-order valence-corrected chi connectivity index (χ1v) is 8.58. The zero-order chi connectivity index (χ0) is 19.4. The van der Waals surface area contributed by atoms with Gasteiger partial charge in [-0.15, -0.1) is 0 Å². The third kappa shape index (κ3) is 4.18. The van der Waals surface area contributed by atoms with Crippen LogP contribution in [0.2, 0.25) is 5.02 Å². The molecule has 0 aliphatic rings. The molecule has 27 heavy (non-hydrogen) atoms. The predicted octanol–water partition coefficient (Wildman–Crippen LogP) is 5.15. The van der Waals surface area contributed by atoms with Gasteiger partial charge in [0.05, 0.1) is 26.4 Å². The molecular weight excluding hydrogens is 391 g/mol. The van der Waals surface area contributed by atoms with Crippen molar-refractivity contribution < 1.29 is 18.7 Å². The summed E-state index contributed by atoms with van der Waals surface area (Å²) in [7, 11) is 4.64. The Hall–Kier alpha value is -2.70. The summed E-state index contributed by atoms with van der Waals surface area (Å²) in [6, 6.07) is 10.8. The Balaban J connectivity index is 1.91. The SMILES string of the molecule is COc1cccc(-c2noc(/C(Cl)=C/c3cc(Cl)c(OC)c(OC)c3)n2)c1. The molecule has 3 aromatic rings. The van der Waals surface area contributed by atoms with Crippen LogP contribution >= 0.6 is 23.2 Å². The molecule has 0 unspecified atom stereocenters. The maximum atomic E-state index is 6.35. The molecule has 0 amide bonds. The minimum Gasteiger partial charge on any atom is -0.497 e. The molecule has 3 rings (SSSR count). The Bertz CT molecular complexity index is 986. The normalized spacial score (nSPS) is 11.4. The highest BCUT2D eigenvalue weighted by Gasteiger charge is 2.14. The van der Waals surface area contributed by atoms with Gasteiger partial charge < -0.3 is 18.7 Å². The zero-order valence-corrected chi connectivity index (χ0v) is 16.3. The van der Waals surface area contributed by atoms with Gasteiger partial charge in [0.15, 0.2) is 11.5 Å². The standard InChI is InChI=1S/C19H16Cl2N2O4/c1-24-13-6-4-5-12(10-13)18-22-19(27-23-18)15(21)8-11-7-14(20)17(26-3)16(9-11)25-2/h4-10H,1-3H3/b15-8-. The number of rotatable bonds is 6. The fraction of sp³-hybridized carbons (Fsp3) is 0.158. The van der Waals surface area contributed by atoms with Gasteiger partial charge in [-0.1, -0.05) is 40.5 Å². The summed E-state index contributed by atoms with van der Waals surface area (Å²) in [5, 5.41) is 4.63. The quantitative estimate of drug-likeness (QED) is 0.563. The van der Waals surface area contributed by atoms with Crippen LogP contribution < -0.4 is 14.2 Å². The largest absolute Gasteiger partial charge is 0.497 e. The first kappa shape index (κ1) is 19.1. The lowest BCUT2D eigenvalue weighted by Crippen LogP contribution is -1.92. The number of methoxy groups -OCH3 is 3. The van der Waals surface area contributed by atoms with E-state index in [-0.39, 0.29) is 10.9 Å². The molecule has 6 nitrogen and oxygen atoms in total. The molecule has 0 N–H and O–H groups in total. The van der Waals surface area contributed by atoms with E-state index in [0.717, 1.165) is 5.56 Å². The summed E-state index contributed by atoms with van der Waals surface area (Å²) in [5.41, 5.74) is 1.45. The highest BCUT2D eigenvalue weighted by molar-refractivity contribution is 6.50. The summed E-state index contributed by atoms with van der Waals surface area (Å²) in [5.74, 6) is 2.22. The van der Waals surface area contributed by atoms with Crippen LogP contribution in [0.5, 0.6) is 17.2 Å². The highest BCUT2D eigenvalue weighted by Crippen LogP contribution is 2.37. The van der Waals surface area contributed by atoms with Crippen LogP contribution in [0.25, 0.3) is 22.5 Å². The van der Waals surface area contributed by atoms with Crippen molar-refractivity contribution in [3.05, 3.63) is 52.9 Å². The molecule has 0 aliphatic carbocycles. The molecule has 0 radical (unpaired) electrons. The molecule has 1 heterocycles. The first-order valence-electron chi connectivity index (χ1n) is 7.83. The smallest absolute Gasteiger partial charge is 0.269 e. The van der Waals surface area contributed by atoms with Crippen molar-refractivity contribution in [2.75, 3.05) is 21.3 Å². The average molecular weight is 407 g/mol. The number of nitrogens with zero attached hydrogens (tertiary/aromatic N) is 2. The van der Waals surface area contributed by atoms with E-state index in [4.69, 9.17) is 41.9 Å². The summed E-state index contributed by atoms with van der Waals surface area (Å²) in [6.07, 6.45) is 1.65. The van der Waals surface area contributed by atoms with Crippen molar-refractivity contribution in [3.63, 3.8) is 0 Å². The molecule has 1 aromatic heterocycles. The fourth-order valence-corrected chi connectivity index (χ4v) is 2.93. The molecule has 0 saturated carbocycles. The van der Waals surface area contributed by atoms with Crippen LogP contribution in [0.3, 0.4) is 0 Å². The van der Waals surface area contributed by atoms with E-state index in [1.54, 1.807) is 31.4 Å². The van der Waals surface area contributed by atoms with Crippen LogP contribution in [0.1, 0.15) is 11.5 Å². The first-order chi connectivity index (χ1) is 13.0. The monoisotopic (exact) mass is 406 g/mol. The summed E-state index contributed by atoms with van der Waals surface area (Å²) in [4.78, 5) is 4.33. The second-order valence-electron chi connectivity index (χ2n) is 5.39. The number of aromatic nitrogens is 2. The van der Waals surface area contributed by atoms with E-state index in [1.807, 2.05) is 18.2 Å². The van der Waals surface area contributed by atoms with Gasteiger partial charge in [0.25, 0.3) is 5.89 Å². The van der Waals surface area contributed by atoms with Crippen molar-refractivity contribution in [1.29, 1.82) is 0 Å². The number of hydrogen-bond acceptors (Lipinski definition) is 6.